The van der Waals surface area contributed by atoms with Gasteiger partial charge in [-0.1, -0.05) is 12.1 Å². The Morgan fingerprint density at radius 3 is 2.64 bits per heavy atom. The zero-order valence-electron chi connectivity index (χ0n) is 20.1. The first kappa shape index (κ1) is 23.3. The normalized spacial score (nSPS) is 12.6. The van der Waals surface area contributed by atoms with Gasteiger partial charge in [0.05, 0.1) is 28.9 Å². The van der Waals surface area contributed by atoms with Gasteiger partial charge in [0.15, 0.2) is 0 Å². The van der Waals surface area contributed by atoms with E-state index in [0.717, 1.165) is 59.4 Å². The van der Waals surface area contributed by atoms with E-state index in [4.69, 9.17) is 9.72 Å². The second kappa shape index (κ2) is 9.65. The van der Waals surface area contributed by atoms with Gasteiger partial charge in [-0.05, 0) is 80.6 Å². The average molecular weight is 483 g/mol. The van der Waals surface area contributed by atoms with E-state index in [2.05, 4.69) is 10.6 Å². The van der Waals surface area contributed by atoms with Crippen molar-refractivity contribution in [2.75, 3.05) is 17.7 Å². The van der Waals surface area contributed by atoms with Crippen molar-refractivity contribution < 1.29 is 14.5 Å². The largest absolute Gasteiger partial charge is 0.495 e. The van der Waals surface area contributed by atoms with Gasteiger partial charge in [-0.2, -0.15) is 0 Å². The number of nitro benzene ring substituents is 1. The number of nitro groups is 1. The van der Waals surface area contributed by atoms with Crippen molar-refractivity contribution in [1.29, 1.82) is 0 Å². The molecule has 3 aromatic carbocycles. The van der Waals surface area contributed by atoms with Crippen LogP contribution in [0.5, 0.6) is 5.75 Å². The molecule has 8 nitrogen and oxygen atoms in total. The van der Waals surface area contributed by atoms with Crippen LogP contribution in [0.1, 0.15) is 40.0 Å². The molecule has 0 fully saturated rings. The highest BCUT2D eigenvalue weighted by molar-refractivity contribution is 6.06. The number of hydrogen-bond acceptors (Lipinski definition) is 6. The summed E-state index contributed by atoms with van der Waals surface area (Å²) < 4.78 is 5.55. The number of aromatic nitrogens is 1. The number of fused-ring (bicyclic) bond motifs is 2. The summed E-state index contributed by atoms with van der Waals surface area (Å²) in [6.07, 6.45) is 4.07. The maximum absolute atomic E-state index is 12.9. The molecule has 1 amide bonds. The summed E-state index contributed by atoms with van der Waals surface area (Å²) in [5.74, 6) is 0.405. The predicted octanol–water partition coefficient (Wildman–Crippen LogP) is 6.33. The highest BCUT2D eigenvalue weighted by Gasteiger charge is 2.20. The zero-order chi connectivity index (χ0) is 25.2. The molecule has 8 heteroatoms. The molecule has 4 aromatic rings. The van der Waals surface area contributed by atoms with Crippen molar-refractivity contribution >= 4 is 39.6 Å². The van der Waals surface area contributed by atoms with Gasteiger partial charge in [0.25, 0.3) is 11.6 Å². The summed E-state index contributed by atoms with van der Waals surface area (Å²) >= 11 is 0. The lowest BCUT2D eigenvalue weighted by Gasteiger charge is -2.23. The number of pyridine rings is 1. The van der Waals surface area contributed by atoms with Crippen LogP contribution in [0.25, 0.3) is 10.9 Å². The first-order chi connectivity index (χ1) is 17.4. The first-order valence-electron chi connectivity index (χ1n) is 11.9. The molecular formula is C28H26N4O4. The van der Waals surface area contributed by atoms with Crippen molar-refractivity contribution in [2.45, 2.75) is 32.6 Å². The second-order valence-electron chi connectivity index (χ2n) is 8.89. The molecule has 0 saturated carbocycles. The lowest BCUT2D eigenvalue weighted by Crippen LogP contribution is -2.13. The van der Waals surface area contributed by atoms with Crippen LogP contribution in [0.4, 0.5) is 22.7 Å². The number of hydrogen-bond donors (Lipinski definition) is 2. The smallest absolute Gasteiger partial charge is 0.272 e. The van der Waals surface area contributed by atoms with Crippen molar-refractivity contribution in [3.05, 3.63) is 93.2 Å². The molecule has 1 aliphatic carbocycles. The maximum Gasteiger partial charge on any atom is 0.272 e. The number of nitrogens with zero attached hydrogens (tertiary/aromatic N) is 2. The fourth-order valence-electron chi connectivity index (χ4n) is 4.73. The van der Waals surface area contributed by atoms with Crippen LogP contribution in [0.15, 0.2) is 60.7 Å². The molecule has 1 aliphatic rings. The number of nitrogens with one attached hydrogen (secondary N) is 2. The maximum atomic E-state index is 12.9. The van der Waals surface area contributed by atoms with Crippen molar-refractivity contribution in [2.24, 2.45) is 0 Å². The lowest BCUT2D eigenvalue weighted by molar-refractivity contribution is -0.385. The van der Waals surface area contributed by atoms with Gasteiger partial charge < -0.3 is 15.4 Å². The van der Waals surface area contributed by atoms with E-state index in [-0.39, 0.29) is 11.6 Å². The van der Waals surface area contributed by atoms with E-state index >= 15 is 0 Å². The Kier molecular flexibility index (Phi) is 6.25. The minimum atomic E-state index is -0.454. The number of ether oxygens (including phenoxy) is 1. The van der Waals surface area contributed by atoms with Crippen LogP contribution in [-0.2, 0) is 12.8 Å². The second-order valence-corrected chi connectivity index (χ2v) is 8.89. The van der Waals surface area contributed by atoms with Crippen LogP contribution < -0.4 is 15.4 Å². The summed E-state index contributed by atoms with van der Waals surface area (Å²) in [5, 5.41) is 18.5. The molecule has 0 aliphatic heterocycles. The Bertz CT molecular complexity index is 1500. The topological polar surface area (TPSA) is 106 Å². The Hall–Kier alpha value is -4.46. The molecule has 2 N–H and O–H groups in total. The van der Waals surface area contributed by atoms with Gasteiger partial charge >= 0.3 is 0 Å². The SMILES string of the molecule is COc1ccccc1Nc1c2c(nc3ccc(NC(=O)c4ccc([N+](=O)[O-])c(C)c4)cc13)CCCC2. The third-order valence-electron chi connectivity index (χ3n) is 6.54. The minimum absolute atomic E-state index is 0.0137. The molecule has 182 valence electrons. The van der Waals surface area contributed by atoms with Crippen LogP contribution in [-0.4, -0.2) is 22.9 Å². The average Bonchev–Trinajstić information content (AvgIpc) is 2.88. The Labute approximate surface area is 208 Å². The molecule has 1 aromatic heterocycles. The summed E-state index contributed by atoms with van der Waals surface area (Å²) in [6, 6.07) is 17.8. The van der Waals surface area contributed by atoms with Crippen molar-refractivity contribution in [3.63, 3.8) is 0 Å². The van der Waals surface area contributed by atoms with E-state index in [1.165, 1.54) is 23.8 Å². The van der Waals surface area contributed by atoms with E-state index in [1.54, 1.807) is 14.0 Å². The number of carbonyl (C=O) groups excluding carboxylic acids is 1. The van der Waals surface area contributed by atoms with Crippen LogP contribution in [0.2, 0.25) is 0 Å². The molecule has 0 spiro atoms. The van der Waals surface area contributed by atoms with Gasteiger partial charge in [0.1, 0.15) is 5.75 Å². The molecule has 0 bridgehead atoms. The van der Waals surface area contributed by atoms with E-state index < -0.39 is 4.92 Å². The monoisotopic (exact) mass is 482 g/mol. The predicted molar refractivity (Wildman–Crippen MR) is 140 cm³/mol. The summed E-state index contributed by atoms with van der Waals surface area (Å²) in [6.45, 7) is 1.62. The summed E-state index contributed by atoms with van der Waals surface area (Å²) in [4.78, 5) is 28.5. The van der Waals surface area contributed by atoms with Gasteiger partial charge in [-0.3, -0.25) is 19.9 Å². The minimum Gasteiger partial charge on any atom is -0.495 e. The Morgan fingerprint density at radius 1 is 1.06 bits per heavy atom. The molecule has 36 heavy (non-hydrogen) atoms. The number of anilines is 3. The first-order valence-corrected chi connectivity index (χ1v) is 11.9. The quantitative estimate of drug-likeness (QED) is 0.245. The van der Waals surface area contributed by atoms with Crippen molar-refractivity contribution in [3.8, 4) is 5.75 Å². The number of methoxy groups -OCH3 is 1. The van der Waals surface area contributed by atoms with E-state index in [1.807, 2.05) is 42.5 Å². The fourth-order valence-corrected chi connectivity index (χ4v) is 4.73. The van der Waals surface area contributed by atoms with Gasteiger partial charge in [-0.25, -0.2) is 0 Å². The number of carbonyl (C=O) groups is 1. The third kappa shape index (κ3) is 4.45. The number of para-hydroxylation sites is 2. The molecule has 0 atom stereocenters. The molecule has 5 rings (SSSR count). The summed E-state index contributed by atoms with van der Waals surface area (Å²) in [7, 11) is 1.65. The van der Waals surface area contributed by atoms with Gasteiger partial charge in [-0.15, -0.1) is 0 Å². The Morgan fingerprint density at radius 2 is 1.86 bits per heavy atom. The van der Waals surface area contributed by atoms with E-state index in [0.29, 0.717) is 16.8 Å². The standard InChI is InChI=1S/C28H26N4O4/c1-17-15-18(11-14-25(17)32(34)35)28(33)29-19-12-13-23-21(16-19)27(20-7-3-4-8-22(20)30-23)31-24-9-5-6-10-26(24)36-2/h5-6,9-16H,3-4,7-8H2,1-2H3,(H,29,33)(H,30,31). The third-order valence-corrected chi connectivity index (χ3v) is 6.54. The molecule has 1 heterocycles. The molecular weight excluding hydrogens is 456 g/mol. The number of amides is 1. The van der Waals surface area contributed by atoms with Gasteiger partial charge in [0, 0.05) is 34.0 Å². The van der Waals surface area contributed by atoms with Crippen LogP contribution >= 0.6 is 0 Å². The fraction of sp³-hybridized carbons (Fsp3) is 0.214. The lowest BCUT2D eigenvalue weighted by atomic mass is 9.92. The zero-order valence-corrected chi connectivity index (χ0v) is 20.1. The highest BCUT2D eigenvalue weighted by atomic mass is 16.6. The molecule has 0 unspecified atom stereocenters. The van der Waals surface area contributed by atoms with Crippen LogP contribution in [0, 0.1) is 17.0 Å². The molecule has 0 radical (unpaired) electrons. The van der Waals surface area contributed by atoms with Gasteiger partial charge in [0.2, 0.25) is 0 Å². The highest BCUT2D eigenvalue weighted by Crippen LogP contribution is 2.38. The number of aryl methyl sites for hydroxylation is 2. The number of rotatable bonds is 6. The van der Waals surface area contributed by atoms with Crippen molar-refractivity contribution in [1.82, 2.24) is 4.98 Å². The Balaban J connectivity index is 1.54. The number of benzene rings is 3. The summed E-state index contributed by atoms with van der Waals surface area (Å²) in [5.41, 5.74) is 6.36. The van der Waals surface area contributed by atoms with E-state index in [9.17, 15) is 14.9 Å². The van der Waals surface area contributed by atoms with Crippen LogP contribution in [0.3, 0.4) is 0 Å². The molecule has 0 saturated heterocycles.